The quantitative estimate of drug-likeness (QED) is 0.511. The first-order valence-corrected chi connectivity index (χ1v) is 6.09. The fourth-order valence-electron chi connectivity index (χ4n) is 1.76. The van der Waals surface area contributed by atoms with Gasteiger partial charge in [-0.15, -0.1) is 5.11 Å². The average molecular weight is 271 g/mol. The maximum atomic E-state index is 10.9. The van der Waals surface area contributed by atoms with Gasteiger partial charge in [0.05, 0.1) is 10.6 Å². The Labute approximate surface area is 115 Å². The van der Waals surface area contributed by atoms with Crippen LogP contribution in [0.5, 0.6) is 5.75 Å². The molecular weight excluding hydrogens is 258 g/mol. The summed E-state index contributed by atoms with van der Waals surface area (Å²) >= 11 is 0. The number of aromatic hydroxyl groups is 1. The largest absolute Gasteiger partial charge is 0.508 e. The number of nitro benzene ring substituents is 1. The maximum absolute atomic E-state index is 10.9. The highest BCUT2D eigenvalue weighted by Gasteiger charge is 2.11. The fourth-order valence-corrected chi connectivity index (χ4v) is 1.76. The molecule has 6 nitrogen and oxygen atoms in total. The summed E-state index contributed by atoms with van der Waals surface area (Å²) in [7, 11) is 0. The number of rotatable bonds is 4. The number of benzene rings is 2. The number of azo groups is 1. The monoisotopic (exact) mass is 271 g/mol. The van der Waals surface area contributed by atoms with Gasteiger partial charge in [-0.3, -0.25) is 10.1 Å². The second kappa shape index (κ2) is 5.92. The Morgan fingerprint density at radius 2 is 1.85 bits per heavy atom. The van der Waals surface area contributed by atoms with Gasteiger partial charge in [0.2, 0.25) is 0 Å². The lowest BCUT2D eigenvalue weighted by Gasteiger charge is -2.02. The van der Waals surface area contributed by atoms with Crippen LogP contribution in [0.15, 0.2) is 52.7 Å². The minimum atomic E-state index is -0.494. The summed E-state index contributed by atoms with van der Waals surface area (Å²) in [6.45, 7) is 1.93. The van der Waals surface area contributed by atoms with E-state index in [1.54, 1.807) is 24.3 Å². The summed E-state index contributed by atoms with van der Waals surface area (Å²) < 4.78 is 0. The van der Waals surface area contributed by atoms with Crippen LogP contribution in [-0.4, -0.2) is 10.0 Å². The van der Waals surface area contributed by atoms with E-state index in [0.717, 1.165) is 5.56 Å². The van der Waals surface area contributed by atoms with Crippen LogP contribution in [0.1, 0.15) is 12.5 Å². The Hall–Kier alpha value is -2.76. The summed E-state index contributed by atoms with van der Waals surface area (Å²) in [5.41, 5.74) is 1.52. The first-order valence-electron chi connectivity index (χ1n) is 6.09. The zero-order valence-corrected chi connectivity index (χ0v) is 10.9. The van der Waals surface area contributed by atoms with Crippen molar-refractivity contribution in [3.05, 3.63) is 58.1 Å². The van der Waals surface area contributed by atoms with E-state index < -0.39 is 4.92 Å². The molecule has 0 aliphatic carbocycles. The standard InChI is InChI=1S/C14H13N3O3/c1-2-10-9-11(18)7-8-12(10)15-16-13-5-3-4-6-14(13)17(19)20/h3-9,18H,2H2,1H3. The minimum Gasteiger partial charge on any atom is -0.508 e. The molecule has 0 aliphatic heterocycles. The van der Waals surface area contributed by atoms with Crippen LogP contribution in [-0.2, 0) is 6.42 Å². The Morgan fingerprint density at radius 1 is 1.15 bits per heavy atom. The zero-order chi connectivity index (χ0) is 14.5. The van der Waals surface area contributed by atoms with E-state index >= 15 is 0 Å². The van der Waals surface area contributed by atoms with Gasteiger partial charge >= 0.3 is 0 Å². The van der Waals surface area contributed by atoms with Gasteiger partial charge in [-0.1, -0.05) is 19.1 Å². The molecule has 6 heteroatoms. The van der Waals surface area contributed by atoms with Gasteiger partial charge in [0, 0.05) is 6.07 Å². The molecule has 20 heavy (non-hydrogen) atoms. The lowest BCUT2D eigenvalue weighted by atomic mass is 10.1. The van der Waals surface area contributed by atoms with Crippen molar-refractivity contribution >= 4 is 17.1 Å². The van der Waals surface area contributed by atoms with Crippen LogP contribution in [0.2, 0.25) is 0 Å². The fraction of sp³-hybridized carbons (Fsp3) is 0.143. The molecule has 0 radical (unpaired) electrons. The molecule has 0 amide bonds. The third-order valence-corrected chi connectivity index (χ3v) is 2.79. The summed E-state index contributed by atoms with van der Waals surface area (Å²) in [5.74, 6) is 0.159. The van der Waals surface area contributed by atoms with E-state index in [0.29, 0.717) is 12.1 Å². The van der Waals surface area contributed by atoms with Crippen LogP contribution in [0.3, 0.4) is 0 Å². The predicted octanol–water partition coefficient (Wildman–Crippen LogP) is 4.28. The molecule has 0 spiro atoms. The molecule has 2 aromatic rings. The van der Waals surface area contributed by atoms with Crippen molar-refractivity contribution < 1.29 is 10.0 Å². The molecule has 0 bridgehead atoms. The second-order valence-electron chi connectivity index (χ2n) is 4.11. The Kier molecular flexibility index (Phi) is 4.05. The minimum absolute atomic E-state index is 0.0897. The Morgan fingerprint density at radius 3 is 2.55 bits per heavy atom. The molecule has 102 valence electrons. The topological polar surface area (TPSA) is 88.1 Å². The number of hydrogen-bond acceptors (Lipinski definition) is 5. The Balaban J connectivity index is 2.37. The summed E-state index contributed by atoms with van der Waals surface area (Å²) in [5, 5.41) is 28.3. The predicted molar refractivity (Wildman–Crippen MR) is 74.8 cm³/mol. The van der Waals surface area contributed by atoms with Gasteiger partial charge in [0.15, 0.2) is 5.69 Å². The zero-order valence-electron chi connectivity index (χ0n) is 10.9. The molecule has 1 N–H and O–H groups in total. The highest BCUT2D eigenvalue weighted by molar-refractivity contribution is 5.57. The summed E-state index contributed by atoms with van der Waals surface area (Å²) in [4.78, 5) is 10.4. The van der Waals surface area contributed by atoms with Crippen LogP contribution >= 0.6 is 0 Å². The van der Waals surface area contributed by atoms with Crippen LogP contribution < -0.4 is 0 Å². The van der Waals surface area contributed by atoms with Crippen LogP contribution in [0, 0.1) is 10.1 Å². The van der Waals surface area contributed by atoms with Gasteiger partial charge in [-0.25, -0.2) is 0 Å². The lowest BCUT2D eigenvalue weighted by Crippen LogP contribution is -1.87. The molecule has 0 heterocycles. The average Bonchev–Trinajstić information content (AvgIpc) is 2.46. The van der Waals surface area contributed by atoms with Crippen molar-refractivity contribution in [3.63, 3.8) is 0 Å². The molecule has 2 aromatic carbocycles. The first-order chi connectivity index (χ1) is 9.61. The number of para-hydroxylation sites is 1. The normalized spacial score (nSPS) is 10.8. The maximum Gasteiger partial charge on any atom is 0.296 e. The Bertz CT molecular complexity index is 668. The molecular formula is C14H13N3O3. The molecule has 2 rings (SSSR count). The number of phenolic OH excluding ortho intramolecular Hbond substituents is 1. The lowest BCUT2D eigenvalue weighted by molar-refractivity contribution is -0.384. The van der Waals surface area contributed by atoms with Gasteiger partial charge in [-0.2, -0.15) is 5.11 Å². The van der Waals surface area contributed by atoms with E-state index in [1.807, 2.05) is 6.92 Å². The van der Waals surface area contributed by atoms with Gasteiger partial charge in [0.25, 0.3) is 5.69 Å². The molecule has 0 aromatic heterocycles. The molecule has 0 atom stereocenters. The van der Waals surface area contributed by atoms with Crippen molar-refractivity contribution in [1.29, 1.82) is 0 Å². The second-order valence-corrected chi connectivity index (χ2v) is 4.11. The molecule has 0 aliphatic rings. The van der Waals surface area contributed by atoms with Crippen molar-refractivity contribution in [2.75, 3.05) is 0 Å². The molecule has 0 saturated heterocycles. The number of nitrogens with zero attached hydrogens (tertiary/aromatic N) is 3. The van der Waals surface area contributed by atoms with Gasteiger partial charge in [0.1, 0.15) is 5.75 Å². The van der Waals surface area contributed by atoms with E-state index in [-0.39, 0.29) is 17.1 Å². The third-order valence-electron chi connectivity index (χ3n) is 2.79. The summed E-state index contributed by atoms with van der Waals surface area (Å²) in [6.07, 6.45) is 0.680. The third kappa shape index (κ3) is 2.97. The highest BCUT2D eigenvalue weighted by atomic mass is 16.6. The van der Waals surface area contributed by atoms with E-state index in [2.05, 4.69) is 10.2 Å². The van der Waals surface area contributed by atoms with E-state index in [9.17, 15) is 15.2 Å². The van der Waals surface area contributed by atoms with Gasteiger partial charge in [-0.05, 0) is 36.2 Å². The highest BCUT2D eigenvalue weighted by Crippen LogP contribution is 2.30. The van der Waals surface area contributed by atoms with Crippen molar-refractivity contribution in [2.45, 2.75) is 13.3 Å². The summed E-state index contributed by atoms with van der Waals surface area (Å²) in [6, 6.07) is 10.9. The van der Waals surface area contributed by atoms with E-state index in [4.69, 9.17) is 0 Å². The van der Waals surface area contributed by atoms with Crippen molar-refractivity contribution in [2.24, 2.45) is 10.2 Å². The number of hydrogen-bond donors (Lipinski definition) is 1. The molecule has 0 saturated carbocycles. The smallest absolute Gasteiger partial charge is 0.296 e. The van der Waals surface area contributed by atoms with Crippen molar-refractivity contribution in [3.8, 4) is 5.75 Å². The SMILES string of the molecule is CCc1cc(O)ccc1N=Nc1ccccc1[N+](=O)[O-]. The van der Waals surface area contributed by atoms with Crippen LogP contribution in [0.25, 0.3) is 0 Å². The van der Waals surface area contributed by atoms with Gasteiger partial charge < -0.3 is 5.11 Å². The number of nitro groups is 1. The molecule has 0 unspecified atom stereocenters. The van der Waals surface area contributed by atoms with Crippen molar-refractivity contribution in [1.82, 2.24) is 0 Å². The van der Waals surface area contributed by atoms with Crippen LogP contribution in [0.4, 0.5) is 17.1 Å². The number of aryl methyl sites for hydroxylation is 1. The first kappa shape index (κ1) is 13.7. The molecule has 0 fully saturated rings. The number of phenols is 1. The van der Waals surface area contributed by atoms with E-state index in [1.165, 1.54) is 18.2 Å².